The molecule has 1 saturated heterocycles. The van der Waals surface area contributed by atoms with Crippen LogP contribution in [0, 0.1) is 41.4 Å². The lowest BCUT2D eigenvalue weighted by Gasteiger charge is -2.42. The number of benzene rings is 2. The second-order valence-electron chi connectivity index (χ2n) is 36.6. The maximum Gasteiger partial charge on any atom is 0.460 e. The highest BCUT2D eigenvalue weighted by Gasteiger charge is 2.95. The SMILES string of the molecule is CSCC[C@H](NC(=O)[C@H](C)CC(=O)[C@H](CCC(N)=O)NC(=O)[C@@H]1CCCN1C(=O)[C@@H](NC(=O)[C@@H](CC(=O)[C@H](CC(N)=O)NC(=O)CCC(F)(F)C(F)(F)C(F)(F)C(F)(F)C(F)(F)C(F)(F)C(F)(F)C(F)(F)F)Cc1c[nH]c2ccccc12)[C@@H](C)O)C(=O)C[C@@H](CC(C)C)C(=O)N[C@@H](Cc1ccc(O)cc1)C(=O)C[C@@H](CC(C)C)C(=O)N[C@@H](CCCCN)C(=O)CCC(=O)N[C@@H](C)C(=O)C[C@@H](CCC(N)=O)C(N)=O. The second kappa shape index (κ2) is 53.9. The summed E-state index contributed by atoms with van der Waals surface area (Å²) in [7, 11) is 0. The fraction of sp³-hybridized carbons (Fsp3) is 0.648. The van der Waals surface area contributed by atoms with Gasteiger partial charge in [0, 0.05) is 124 Å². The van der Waals surface area contributed by atoms with Crippen molar-refractivity contribution in [1.29, 1.82) is 0 Å². The van der Waals surface area contributed by atoms with Crippen molar-refractivity contribution in [2.45, 2.75) is 305 Å². The number of hydrogen-bond acceptors (Lipinski definition) is 22. The zero-order chi connectivity index (χ0) is 109. The number of phenols is 1. The van der Waals surface area contributed by atoms with Gasteiger partial charge in [-0.1, -0.05) is 65.0 Å². The summed E-state index contributed by atoms with van der Waals surface area (Å²) in [5, 5.41) is 38.6. The number of aliphatic hydroxyl groups excluding tert-OH is 1. The highest BCUT2D eigenvalue weighted by Crippen LogP contribution is 2.64. The van der Waals surface area contributed by atoms with Gasteiger partial charge in [0.05, 0.1) is 48.8 Å². The number of aliphatic hydroxyl groups is 1. The van der Waals surface area contributed by atoms with Crippen molar-refractivity contribution in [2.75, 3.05) is 25.1 Å². The number of amides is 12. The number of halogens is 17. The summed E-state index contributed by atoms with van der Waals surface area (Å²) in [4.78, 5) is 251. The fourth-order valence-electron chi connectivity index (χ4n) is 15.8. The van der Waals surface area contributed by atoms with Gasteiger partial charge in [-0.3, -0.25) is 86.3 Å². The lowest BCUT2D eigenvalue weighted by Crippen LogP contribution is -2.74. The molecule has 2 aromatic carbocycles. The maximum atomic E-state index is 15.0. The minimum absolute atomic E-state index is 0.0133. The van der Waals surface area contributed by atoms with Gasteiger partial charge in [0.1, 0.15) is 17.8 Å². The van der Waals surface area contributed by atoms with E-state index >= 15 is 8.78 Å². The monoisotopic (exact) mass is 2090 g/mol. The van der Waals surface area contributed by atoms with Crippen molar-refractivity contribution < 1.29 is 171 Å². The number of ketones is 6. The molecule has 2 heterocycles. The Morgan fingerprint density at radius 3 is 1.48 bits per heavy atom. The van der Waals surface area contributed by atoms with E-state index in [0.717, 1.165) is 11.8 Å². The Labute approximate surface area is 814 Å². The molecule has 143 heavy (non-hydrogen) atoms. The first-order chi connectivity index (χ1) is 66.1. The van der Waals surface area contributed by atoms with Crippen molar-refractivity contribution >= 4 is 128 Å². The standard InChI is InChI=1S/C91H123F17N14O20S/c1-45(2)34-52(80(139)120-62(37-50-18-21-56(124)22-19-50)69(129)41-53(35-46(3)4)79(138)118-59(16-11-12-31-109)65(125)24-27-74(134)115-48(6)66(126)39-51(77(113)136)20-25-71(110)131)40-68(128)61(29-33-143-8)117-78(137)47(5)36-67(127)60(23-26-72(111)132)119-82(141)64-17-13-32-122(64)83(142)76(49(7)123)121-81(140)54(38-55-44-114-58-15-10-9-14-57(55)58)42-70(130)63(43-73(112)133)116-75(135)28-30-84(92,93)85(94,95)86(96,97)87(98,99)88(100,101)89(102,103)90(104,105)91(106,107)108/h9-10,14-15,18-19,21-22,44-49,51-54,59-64,76,114,123-124H,11-13,16-17,20,23-43,109H2,1-8H3,(H2,110,131)(H2,111,132)(H2,112,133)(H2,113,136)(H,115,134)(H,116,135)(H,117,137)(H,118,138)(H,119,141)(H,120,139)(H,121,140)/t47-,48+,49-,51-,52-,53-,54-,59+,60+,61+,62+,63+,64+,76+/m1/s1. The number of Topliss-reactive ketones (excluding diaryl/α,β-unsaturated/α-hetero) is 6. The zero-order valence-corrected chi connectivity index (χ0v) is 80.3. The average molecular weight is 2090 g/mol. The first-order valence-electron chi connectivity index (χ1n) is 45.7. The van der Waals surface area contributed by atoms with E-state index in [0.29, 0.717) is 29.3 Å². The number of para-hydroxylation sites is 1. The van der Waals surface area contributed by atoms with Crippen LogP contribution in [0.4, 0.5) is 74.6 Å². The summed E-state index contributed by atoms with van der Waals surface area (Å²) in [6.07, 6.45) is -20.3. The van der Waals surface area contributed by atoms with E-state index in [4.69, 9.17) is 28.7 Å². The molecule has 0 aliphatic carbocycles. The molecule has 20 N–H and O–H groups in total. The van der Waals surface area contributed by atoms with Crippen LogP contribution in [0.15, 0.2) is 54.7 Å². The predicted octanol–water partition coefficient (Wildman–Crippen LogP) is 7.35. The van der Waals surface area contributed by atoms with Crippen LogP contribution in [0.25, 0.3) is 10.9 Å². The molecule has 34 nitrogen and oxygen atoms in total. The third-order valence-electron chi connectivity index (χ3n) is 24.0. The summed E-state index contributed by atoms with van der Waals surface area (Å²) < 4.78 is 239. The van der Waals surface area contributed by atoms with Gasteiger partial charge in [0.25, 0.3) is 0 Å². The van der Waals surface area contributed by atoms with E-state index in [1.54, 1.807) is 34.0 Å². The predicted molar refractivity (Wildman–Crippen MR) is 479 cm³/mol. The van der Waals surface area contributed by atoms with Crippen LogP contribution >= 0.6 is 11.8 Å². The summed E-state index contributed by atoms with van der Waals surface area (Å²) in [6, 6.07) is -1.46. The molecule has 1 aliphatic heterocycles. The van der Waals surface area contributed by atoms with Gasteiger partial charge in [-0.2, -0.15) is 86.4 Å². The van der Waals surface area contributed by atoms with Gasteiger partial charge in [-0.25, -0.2) is 0 Å². The van der Waals surface area contributed by atoms with Crippen molar-refractivity contribution in [3.63, 3.8) is 0 Å². The Morgan fingerprint density at radius 1 is 0.469 bits per heavy atom. The number of carbonyl (C=O) groups excluding carboxylic acids is 18. The summed E-state index contributed by atoms with van der Waals surface area (Å²) in [5.74, 6) is -84.6. The van der Waals surface area contributed by atoms with Crippen LogP contribution in [-0.2, 0) is 99.1 Å². The Kier molecular flexibility index (Phi) is 46.7. The molecular formula is C91H123F17N14O20S. The first kappa shape index (κ1) is 124. The number of rotatable bonds is 66. The molecule has 0 bridgehead atoms. The average Bonchev–Trinajstić information content (AvgIpc) is 1.17. The number of fused-ring (bicyclic) bond motifs is 1. The number of likely N-dealkylation sites (tertiary alicyclic amines) is 1. The largest absolute Gasteiger partial charge is 0.508 e. The van der Waals surface area contributed by atoms with Gasteiger partial charge in [-0.15, -0.1) is 0 Å². The summed E-state index contributed by atoms with van der Waals surface area (Å²) in [5.41, 5.74) is 28.0. The Hall–Kier alpha value is -11.5. The zero-order valence-electron chi connectivity index (χ0n) is 79.4. The van der Waals surface area contributed by atoms with E-state index in [1.165, 1.54) is 85.7 Å². The molecular weight excluding hydrogens is 1960 g/mol. The van der Waals surface area contributed by atoms with Crippen molar-refractivity contribution in [3.8, 4) is 5.75 Å². The van der Waals surface area contributed by atoms with E-state index in [-0.39, 0.29) is 99.8 Å². The van der Waals surface area contributed by atoms with Gasteiger partial charge in [-0.05, 0) is 151 Å². The van der Waals surface area contributed by atoms with Crippen LogP contribution in [0.1, 0.15) is 201 Å². The maximum absolute atomic E-state index is 15.0. The molecule has 802 valence electrons. The minimum Gasteiger partial charge on any atom is -0.508 e. The molecule has 1 aromatic heterocycles. The van der Waals surface area contributed by atoms with Crippen molar-refractivity contribution in [3.05, 3.63) is 65.9 Å². The van der Waals surface area contributed by atoms with E-state index in [1.807, 2.05) is 0 Å². The number of alkyl halides is 17. The molecule has 52 heteroatoms. The number of H-pyrrole nitrogens is 1. The molecule has 4 rings (SSSR count). The van der Waals surface area contributed by atoms with Crippen LogP contribution in [-0.4, -0.2) is 253 Å². The normalized spacial score (nSPS) is 16.3. The first-order valence-corrected chi connectivity index (χ1v) is 47.1. The number of nitrogens with two attached hydrogens (primary N) is 5. The summed E-state index contributed by atoms with van der Waals surface area (Å²) in [6.45, 7) is 10.5. The van der Waals surface area contributed by atoms with Crippen LogP contribution < -0.4 is 65.9 Å². The van der Waals surface area contributed by atoms with Crippen molar-refractivity contribution in [1.82, 2.24) is 47.1 Å². The highest BCUT2D eigenvalue weighted by atomic mass is 32.2. The van der Waals surface area contributed by atoms with Crippen molar-refractivity contribution in [2.24, 2.45) is 70.1 Å². The van der Waals surface area contributed by atoms with Gasteiger partial charge < -0.3 is 86.0 Å². The number of hydrogen-bond donors (Lipinski definition) is 15. The molecule has 1 aliphatic rings. The number of thioether (sulfide) groups is 1. The third kappa shape index (κ3) is 34.6. The number of primary amides is 4. The van der Waals surface area contributed by atoms with E-state index in [9.17, 15) is 162 Å². The van der Waals surface area contributed by atoms with Gasteiger partial charge in [0.15, 0.2) is 34.7 Å². The molecule has 1 fully saturated rings. The highest BCUT2D eigenvalue weighted by molar-refractivity contribution is 7.98. The number of carbonyl (C=O) groups is 18. The number of phenolic OH excluding ortho intramolecular Hbond substituents is 1. The quantitative estimate of drug-likeness (QED) is 0.0194. The molecule has 0 saturated carbocycles. The Bertz CT molecular complexity index is 4980. The topological polar surface area (TPSA) is 581 Å². The molecule has 0 spiro atoms. The molecule has 14 atom stereocenters. The third-order valence-corrected chi connectivity index (χ3v) is 24.7. The summed E-state index contributed by atoms with van der Waals surface area (Å²) >= 11 is 1.26. The molecule has 0 radical (unpaired) electrons. The van der Waals surface area contributed by atoms with Crippen LogP contribution in [0.2, 0.25) is 0 Å². The van der Waals surface area contributed by atoms with Crippen LogP contribution in [0.3, 0.4) is 0 Å². The number of aromatic nitrogens is 1. The van der Waals surface area contributed by atoms with E-state index < -0.39 is 321 Å². The number of nitrogens with zero attached hydrogens (tertiary/aromatic N) is 1. The molecule has 12 amide bonds. The second-order valence-corrected chi connectivity index (χ2v) is 37.6. The minimum atomic E-state index is -8.95. The number of aromatic hydroxyl groups is 1. The Balaban J connectivity index is 1.58. The van der Waals surface area contributed by atoms with Crippen LogP contribution in [0.5, 0.6) is 5.75 Å². The number of unbranched alkanes of at least 4 members (excludes halogenated alkanes) is 1. The Morgan fingerprint density at radius 2 is 0.951 bits per heavy atom. The van der Waals surface area contributed by atoms with Gasteiger partial charge in [0.2, 0.25) is 70.9 Å². The smallest absolute Gasteiger partial charge is 0.460 e. The fourth-order valence-corrected chi connectivity index (χ4v) is 16.3. The molecule has 3 aromatic rings. The van der Waals surface area contributed by atoms with E-state index in [2.05, 4.69) is 36.9 Å². The van der Waals surface area contributed by atoms with Gasteiger partial charge >= 0.3 is 47.6 Å². The number of aromatic amines is 1. The molecule has 0 unspecified atom stereocenters. The lowest BCUT2D eigenvalue weighted by molar-refractivity contribution is -0.461. The lowest BCUT2D eigenvalue weighted by atomic mass is 9.86. The number of nitrogens with one attached hydrogen (secondary N) is 8.